The fourth-order valence-corrected chi connectivity index (χ4v) is 3.18. The standard InChI is InChI=1S/C18H20BrN3O2/c1-23-16-10-13(19)9-12(18(16)24-2)11-20-8-7-17-21-14-5-3-4-6-15(14)22-17/h3-6,9-10,20H,7-8,11H2,1-2H3,(H,21,22). The van der Waals surface area contributed by atoms with Crippen LogP contribution >= 0.6 is 15.9 Å². The van der Waals surface area contributed by atoms with E-state index in [9.17, 15) is 0 Å². The Morgan fingerprint density at radius 3 is 2.75 bits per heavy atom. The molecule has 3 rings (SSSR count). The van der Waals surface area contributed by atoms with E-state index in [2.05, 4.69) is 31.2 Å². The lowest BCUT2D eigenvalue weighted by Gasteiger charge is -2.14. The Morgan fingerprint density at radius 1 is 1.17 bits per heavy atom. The van der Waals surface area contributed by atoms with E-state index in [4.69, 9.17) is 9.47 Å². The van der Waals surface area contributed by atoms with Crippen LogP contribution in [0.3, 0.4) is 0 Å². The van der Waals surface area contributed by atoms with Crippen molar-refractivity contribution >= 4 is 27.0 Å². The van der Waals surface area contributed by atoms with Crippen LogP contribution in [-0.2, 0) is 13.0 Å². The van der Waals surface area contributed by atoms with Crippen LogP contribution in [0.2, 0.25) is 0 Å². The summed E-state index contributed by atoms with van der Waals surface area (Å²) in [5.41, 5.74) is 3.13. The van der Waals surface area contributed by atoms with Crippen LogP contribution in [0.5, 0.6) is 11.5 Å². The van der Waals surface area contributed by atoms with Gasteiger partial charge in [-0.25, -0.2) is 4.98 Å². The molecule has 24 heavy (non-hydrogen) atoms. The number of aromatic amines is 1. The van der Waals surface area contributed by atoms with Crippen molar-refractivity contribution in [1.29, 1.82) is 0 Å². The quantitative estimate of drug-likeness (QED) is 0.605. The molecule has 126 valence electrons. The van der Waals surface area contributed by atoms with Gasteiger partial charge in [0.1, 0.15) is 5.82 Å². The van der Waals surface area contributed by atoms with E-state index in [1.807, 2.05) is 36.4 Å². The molecule has 0 saturated carbocycles. The Bertz CT molecular complexity index is 799. The normalized spacial score (nSPS) is 11.0. The minimum Gasteiger partial charge on any atom is -0.493 e. The Labute approximate surface area is 149 Å². The van der Waals surface area contributed by atoms with Crippen molar-refractivity contribution in [3.63, 3.8) is 0 Å². The zero-order valence-electron chi connectivity index (χ0n) is 13.7. The van der Waals surface area contributed by atoms with Gasteiger partial charge in [-0.1, -0.05) is 28.1 Å². The minimum atomic E-state index is 0.694. The van der Waals surface area contributed by atoms with Gasteiger partial charge in [0.25, 0.3) is 0 Å². The number of rotatable bonds is 7. The second-order valence-corrected chi connectivity index (χ2v) is 6.34. The summed E-state index contributed by atoms with van der Waals surface area (Å²) in [5.74, 6) is 2.47. The Morgan fingerprint density at radius 2 is 2.00 bits per heavy atom. The summed E-state index contributed by atoms with van der Waals surface area (Å²) in [7, 11) is 3.30. The van der Waals surface area contributed by atoms with Gasteiger partial charge in [-0.15, -0.1) is 0 Å². The summed E-state index contributed by atoms with van der Waals surface area (Å²) in [5, 5.41) is 3.43. The number of hydrogen-bond acceptors (Lipinski definition) is 4. The highest BCUT2D eigenvalue weighted by atomic mass is 79.9. The number of ether oxygens (including phenoxy) is 2. The van der Waals surface area contributed by atoms with Crippen molar-refractivity contribution in [3.05, 3.63) is 52.3 Å². The maximum absolute atomic E-state index is 5.47. The fraction of sp³-hybridized carbons (Fsp3) is 0.278. The molecule has 2 N–H and O–H groups in total. The van der Waals surface area contributed by atoms with Crippen molar-refractivity contribution in [2.75, 3.05) is 20.8 Å². The van der Waals surface area contributed by atoms with Gasteiger partial charge < -0.3 is 19.8 Å². The highest BCUT2D eigenvalue weighted by Crippen LogP contribution is 2.34. The molecule has 0 unspecified atom stereocenters. The molecule has 6 heteroatoms. The first-order valence-corrected chi connectivity index (χ1v) is 8.55. The maximum atomic E-state index is 5.47. The summed E-state index contributed by atoms with van der Waals surface area (Å²) >= 11 is 3.50. The number of benzene rings is 2. The number of para-hydroxylation sites is 2. The summed E-state index contributed by atoms with van der Waals surface area (Å²) in [6.07, 6.45) is 0.835. The van der Waals surface area contributed by atoms with Crippen molar-refractivity contribution < 1.29 is 9.47 Å². The number of aromatic nitrogens is 2. The Balaban J connectivity index is 1.61. The molecule has 0 aliphatic heterocycles. The first-order chi connectivity index (χ1) is 11.7. The van der Waals surface area contributed by atoms with Crippen molar-refractivity contribution in [2.24, 2.45) is 0 Å². The smallest absolute Gasteiger partial charge is 0.165 e. The number of fused-ring (bicyclic) bond motifs is 1. The van der Waals surface area contributed by atoms with Gasteiger partial charge >= 0.3 is 0 Å². The first kappa shape index (κ1) is 16.8. The van der Waals surface area contributed by atoms with Crippen LogP contribution in [0.25, 0.3) is 11.0 Å². The molecule has 0 radical (unpaired) electrons. The van der Waals surface area contributed by atoms with E-state index in [-0.39, 0.29) is 0 Å². The summed E-state index contributed by atoms with van der Waals surface area (Å²) in [4.78, 5) is 7.93. The molecule has 0 aliphatic carbocycles. The number of halogens is 1. The predicted molar refractivity (Wildman–Crippen MR) is 98.8 cm³/mol. The van der Waals surface area contributed by atoms with E-state index in [1.165, 1.54) is 0 Å². The lowest BCUT2D eigenvalue weighted by molar-refractivity contribution is 0.350. The number of hydrogen-bond donors (Lipinski definition) is 2. The number of nitrogens with one attached hydrogen (secondary N) is 2. The third kappa shape index (κ3) is 3.71. The predicted octanol–water partition coefficient (Wildman–Crippen LogP) is 3.67. The van der Waals surface area contributed by atoms with Crippen LogP contribution in [-0.4, -0.2) is 30.7 Å². The van der Waals surface area contributed by atoms with Gasteiger partial charge in [0, 0.05) is 29.5 Å². The van der Waals surface area contributed by atoms with Crippen molar-refractivity contribution in [2.45, 2.75) is 13.0 Å². The topological polar surface area (TPSA) is 59.2 Å². The molecule has 0 fully saturated rings. The van der Waals surface area contributed by atoms with E-state index in [1.54, 1.807) is 14.2 Å². The van der Waals surface area contributed by atoms with Crippen molar-refractivity contribution in [3.8, 4) is 11.5 Å². The van der Waals surface area contributed by atoms with Gasteiger partial charge in [0.15, 0.2) is 11.5 Å². The molecule has 0 saturated heterocycles. The lowest BCUT2D eigenvalue weighted by atomic mass is 10.2. The molecule has 3 aromatic rings. The van der Waals surface area contributed by atoms with Crippen LogP contribution < -0.4 is 14.8 Å². The van der Waals surface area contributed by atoms with Crippen LogP contribution in [0.4, 0.5) is 0 Å². The maximum Gasteiger partial charge on any atom is 0.165 e. The molecular formula is C18H20BrN3O2. The largest absolute Gasteiger partial charge is 0.493 e. The molecule has 0 spiro atoms. The SMILES string of the molecule is COc1cc(Br)cc(CNCCc2nc3ccccc3[nH]2)c1OC. The zero-order valence-corrected chi connectivity index (χ0v) is 15.3. The van der Waals surface area contributed by atoms with Gasteiger partial charge in [-0.05, 0) is 24.3 Å². The molecule has 1 aromatic heterocycles. The van der Waals surface area contributed by atoms with E-state index < -0.39 is 0 Å². The number of methoxy groups -OCH3 is 2. The molecule has 1 heterocycles. The molecule has 5 nitrogen and oxygen atoms in total. The van der Waals surface area contributed by atoms with E-state index >= 15 is 0 Å². The van der Waals surface area contributed by atoms with Crippen LogP contribution in [0.1, 0.15) is 11.4 Å². The summed E-state index contributed by atoms with van der Waals surface area (Å²) < 4.78 is 11.8. The van der Waals surface area contributed by atoms with Gasteiger partial charge in [-0.3, -0.25) is 0 Å². The third-order valence-electron chi connectivity index (χ3n) is 3.81. The first-order valence-electron chi connectivity index (χ1n) is 7.76. The average Bonchev–Trinajstić information content (AvgIpc) is 3.01. The number of imidazole rings is 1. The second-order valence-electron chi connectivity index (χ2n) is 5.43. The molecule has 2 aromatic carbocycles. The average molecular weight is 390 g/mol. The Hall–Kier alpha value is -2.05. The number of H-pyrrole nitrogens is 1. The molecule has 0 amide bonds. The third-order valence-corrected chi connectivity index (χ3v) is 4.27. The van der Waals surface area contributed by atoms with Crippen LogP contribution in [0.15, 0.2) is 40.9 Å². The second kappa shape index (κ2) is 7.68. The fourth-order valence-electron chi connectivity index (χ4n) is 2.69. The summed E-state index contributed by atoms with van der Waals surface area (Å²) in [6.45, 7) is 1.51. The van der Waals surface area contributed by atoms with Gasteiger partial charge in [0.05, 0.1) is 25.3 Å². The zero-order chi connectivity index (χ0) is 16.9. The Kier molecular flexibility index (Phi) is 5.37. The molecule has 0 aliphatic rings. The minimum absolute atomic E-state index is 0.694. The summed E-state index contributed by atoms with van der Waals surface area (Å²) in [6, 6.07) is 12.0. The van der Waals surface area contributed by atoms with E-state index in [0.717, 1.165) is 51.4 Å². The lowest BCUT2D eigenvalue weighted by Crippen LogP contribution is -2.17. The highest BCUT2D eigenvalue weighted by Gasteiger charge is 2.11. The molecule has 0 atom stereocenters. The van der Waals surface area contributed by atoms with Gasteiger partial charge in [-0.2, -0.15) is 0 Å². The van der Waals surface area contributed by atoms with E-state index in [0.29, 0.717) is 6.54 Å². The van der Waals surface area contributed by atoms with Crippen molar-refractivity contribution in [1.82, 2.24) is 15.3 Å². The monoisotopic (exact) mass is 389 g/mol. The van der Waals surface area contributed by atoms with Crippen LogP contribution in [0, 0.1) is 0 Å². The highest BCUT2D eigenvalue weighted by molar-refractivity contribution is 9.10. The number of nitrogens with zero attached hydrogens (tertiary/aromatic N) is 1. The molecular weight excluding hydrogens is 370 g/mol. The van der Waals surface area contributed by atoms with Gasteiger partial charge in [0.2, 0.25) is 0 Å². The molecule has 0 bridgehead atoms.